The summed E-state index contributed by atoms with van der Waals surface area (Å²) in [5.74, 6) is 0.254. The summed E-state index contributed by atoms with van der Waals surface area (Å²) < 4.78 is 38.9. The van der Waals surface area contributed by atoms with Crippen LogP contribution in [-0.2, 0) is 15.6 Å². The number of thioether (sulfide) groups is 1. The van der Waals surface area contributed by atoms with Gasteiger partial charge in [0.15, 0.2) is 15.0 Å². The van der Waals surface area contributed by atoms with Crippen LogP contribution in [0.25, 0.3) is 0 Å². The summed E-state index contributed by atoms with van der Waals surface area (Å²) >= 11 is 10.7. The average molecular weight is 490 g/mol. The van der Waals surface area contributed by atoms with Gasteiger partial charge in [-0.2, -0.15) is 0 Å². The predicted octanol–water partition coefficient (Wildman–Crippen LogP) is 4.52. The first kappa shape index (κ1) is 19.2. The minimum atomic E-state index is -3.11. The maximum Gasteiger partial charge on any atom is 0.164 e. The number of hydrogen-bond acceptors (Lipinski definition) is 5. The second kappa shape index (κ2) is 7.39. The standard InChI is InChI=1S/C18H15BrClFN2O2S2/c19-12-2-1-11(15(21)7-12)8-26-18-22-16-9-27(24,25)10-17(16)23(18)14-5-3-13(20)4-6-14/h1-7,16-17H,8-10H2/t16-,17-/m0/s1. The summed E-state index contributed by atoms with van der Waals surface area (Å²) in [6.07, 6.45) is 0. The molecule has 1 saturated heterocycles. The number of anilines is 1. The molecule has 1 fully saturated rings. The van der Waals surface area contributed by atoms with Gasteiger partial charge in [-0.15, -0.1) is 0 Å². The SMILES string of the molecule is O=S1(=O)C[C@@H]2N=C(SCc3ccc(Br)cc3F)N(c3ccc(Cl)cc3)[C@H]2C1. The van der Waals surface area contributed by atoms with Crippen molar-refractivity contribution in [1.29, 1.82) is 0 Å². The summed E-state index contributed by atoms with van der Waals surface area (Å²) in [5, 5.41) is 1.32. The Labute approximate surface area is 174 Å². The van der Waals surface area contributed by atoms with Crippen LogP contribution in [0, 0.1) is 5.82 Å². The predicted molar refractivity (Wildman–Crippen MR) is 113 cm³/mol. The molecule has 0 aliphatic carbocycles. The number of nitrogens with zero attached hydrogens (tertiary/aromatic N) is 2. The summed E-state index contributed by atoms with van der Waals surface area (Å²) in [6, 6.07) is 11.7. The maximum absolute atomic E-state index is 14.1. The molecule has 4 rings (SSSR count). The second-order valence-corrected chi connectivity index (χ2v) is 10.9. The number of hydrogen-bond donors (Lipinski definition) is 0. The second-order valence-electron chi connectivity index (χ2n) is 6.49. The van der Waals surface area contributed by atoms with E-state index in [2.05, 4.69) is 20.9 Å². The fourth-order valence-electron chi connectivity index (χ4n) is 3.32. The van der Waals surface area contributed by atoms with E-state index >= 15 is 0 Å². The van der Waals surface area contributed by atoms with Crippen LogP contribution in [0.15, 0.2) is 51.9 Å². The van der Waals surface area contributed by atoms with Crippen molar-refractivity contribution in [2.24, 2.45) is 4.99 Å². The Balaban J connectivity index is 1.61. The lowest BCUT2D eigenvalue weighted by Crippen LogP contribution is -2.39. The average Bonchev–Trinajstić information content (AvgIpc) is 3.06. The Morgan fingerprint density at radius 1 is 1.22 bits per heavy atom. The molecule has 0 aromatic heterocycles. The number of halogens is 3. The van der Waals surface area contributed by atoms with Crippen LogP contribution in [0.2, 0.25) is 5.02 Å². The number of rotatable bonds is 3. The Kier molecular flexibility index (Phi) is 5.26. The number of benzene rings is 2. The van der Waals surface area contributed by atoms with Crippen molar-refractivity contribution < 1.29 is 12.8 Å². The van der Waals surface area contributed by atoms with Gasteiger partial charge >= 0.3 is 0 Å². The maximum atomic E-state index is 14.1. The van der Waals surface area contributed by atoms with Crippen LogP contribution in [0.1, 0.15) is 5.56 Å². The fraction of sp³-hybridized carbons (Fsp3) is 0.278. The zero-order valence-electron chi connectivity index (χ0n) is 14.0. The van der Waals surface area contributed by atoms with Gasteiger partial charge in [0.25, 0.3) is 0 Å². The van der Waals surface area contributed by atoms with Gasteiger partial charge in [-0.05, 0) is 42.0 Å². The van der Waals surface area contributed by atoms with Crippen molar-refractivity contribution in [1.82, 2.24) is 0 Å². The first-order valence-corrected chi connectivity index (χ1v) is 12.2. The highest BCUT2D eigenvalue weighted by atomic mass is 79.9. The molecule has 2 heterocycles. The normalized spacial score (nSPS) is 23.4. The Hall–Kier alpha value is -1.09. The van der Waals surface area contributed by atoms with E-state index in [0.717, 1.165) is 5.69 Å². The van der Waals surface area contributed by atoms with Crippen molar-refractivity contribution in [3.63, 3.8) is 0 Å². The van der Waals surface area contributed by atoms with Gasteiger partial charge < -0.3 is 4.90 Å². The number of sulfone groups is 1. The minimum Gasteiger partial charge on any atom is -0.315 e. The molecule has 9 heteroatoms. The third kappa shape index (κ3) is 4.04. The summed E-state index contributed by atoms with van der Waals surface area (Å²) in [5.41, 5.74) is 1.41. The minimum absolute atomic E-state index is 0.0540. The quantitative estimate of drug-likeness (QED) is 0.636. The summed E-state index contributed by atoms with van der Waals surface area (Å²) in [4.78, 5) is 6.60. The van der Waals surface area contributed by atoms with Crippen molar-refractivity contribution in [2.45, 2.75) is 17.8 Å². The molecule has 0 bridgehead atoms. The summed E-state index contributed by atoms with van der Waals surface area (Å²) in [7, 11) is -3.11. The molecular formula is C18H15BrClFN2O2S2. The van der Waals surface area contributed by atoms with Crippen molar-refractivity contribution in [3.8, 4) is 0 Å². The lowest BCUT2D eigenvalue weighted by molar-refractivity contribution is 0.601. The van der Waals surface area contributed by atoms with Crippen LogP contribution >= 0.6 is 39.3 Å². The van der Waals surface area contributed by atoms with Crippen LogP contribution in [-0.4, -0.2) is 37.2 Å². The molecule has 2 aromatic rings. The van der Waals surface area contributed by atoms with E-state index in [1.165, 1.54) is 17.8 Å². The van der Waals surface area contributed by atoms with E-state index in [1.807, 2.05) is 17.0 Å². The molecule has 2 atom stereocenters. The van der Waals surface area contributed by atoms with Gasteiger partial charge in [0.1, 0.15) is 5.82 Å². The molecule has 0 spiro atoms. The molecule has 0 saturated carbocycles. The largest absolute Gasteiger partial charge is 0.315 e. The van der Waals surface area contributed by atoms with Crippen LogP contribution in [0.5, 0.6) is 0 Å². The van der Waals surface area contributed by atoms with Gasteiger partial charge in [0.2, 0.25) is 0 Å². The Morgan fingerprint density at radius 3 is 2.67 bits per heavy atom. The fourth-order valence-corrected chi connectivity index (χ4v) is 6.73. The summed E-state index contributed by atoms with van der Waals surface area (Å²) in [6.45, 7) is 0. The molecule has 0 radical (unpaired) electrons. The van der Waals surface area contributed by atoms with Gasteiger partial charge in [0.05, 0.1) is 23.6 Å². The van der Waals surface area contributed by atoms with Crippen LogP contribution in [0.3, 0.4) is 0 Å². The van der Waals surface area contributed by atoms with Gasteiger partial charge in [-0.1, -0.05) is 45.4 Å². The molecule has 0 N–H and O–H groups in total. The topological polar surface area (TPSA) is 49.7 Å². The molecule has 2 aromatic carbocycles. The van der Waals surface area contributed by atoms with E-state index in [1.54, 1.807) is 24.3 Å². The van der Waals surface area contributed by atoms with E-state index in [-0.39, 0.29) is 29.4 Å². The first-order chi connectivity index (χ1) is 12.8. The highest BCUT2D eigenvalue weighted by molar-refractivity contribution is 9.10. The van der Waals surface area contributed by atoms with Crippen molar-refractivity contribution in [2.75, 3.05) is 16.4 Å². The molecule has 27 heavy (non-hydrogen) atoms. The van der Waals surface area contributed by atoms with Crippen LogP contribution in [0.4, 0.5) is 10.1 Å². The molecule has 142 valence electrons. The zero-order chi connectivity index (χ0) is 19.2. The number of fused-ring (bicyclic) bond motifs is 1. The number of aliphatic imine (C=N–C) groups is 1. The molecule has 0 amide bonds. The first-order valence-electron chi connectivity index (χ1n) is 8.22. The molecule has 4 nitrogen and oxygen atoms in total. The van der Waals surface area contributed by atoms with E-state index in [9.17, 15) is 12.8 Å². The van der Waals surface area contributed by atoms with Gasteiger partial charge in [-0.25, -0.2) is 12.8 Å². The highest BCUT2D eigenvalue weighted by Gasteiger charge is 2.47. The zero-order valence-corrected chi connectivity index (χ0v) is 18.0. The molecule has 2 aliphatic rings. The molecular weight excluding hydrogens is 475 g/mol. The Morgan fingerprint density at radius 2 is 1.96 bits per heavy atom. The third-order valence-corrected chi connectivity index (χ3v) is 8.04. The molecule has 2 aliphatic heterocycles. The monoisotopic (exact) mass is 488 g/mol. The lowest BCUT2D eigenvalue weighted by Gasteiger charge is -2.26. The lowest BCUT2D eigenvalue weighted by atomic mass is 10.1. The smallest absolute Gasteiger partial charge is 0.164 e. The van der Waals surface area contributed by atoms with Gasteiger partial charge in [-0.3, -0.25) is 4.99 Å². The van der Waals surface area contributed by atoms with E-state index in [4.69, 9.17) is 11.6 Å². The van der Waals surface area contributed by atoms with E-state index < -0.39 is 9.84 Å². The van der Waals surface area contributed by atoms with Crippen molar-refractivity contribution in [3.05, 3.63) is 63.3 Å². The van der Waals surface area contributed by atoms with Crippen molar-refractivity contribution >= 4 is 60.0 Å². The highest BCUT2D eigenvalue weighted by Crippen LogP contribution is 2.36. The third-order valence-electron chi connectivity index (χ3n) is 4.58. The Bertz CT molecular complexity index is 1010. The van der Waals surface area contributed by atoms with Gasteiger partial charge in [0, 0.05) is 20.9 Å². The van der Waals surface area contributed by atoms with E-state index in [0.29, 0.717) is 26.0 Å². The molecule has 0 unspecified atom stereocenters. The number of amidine groups is 1. The van der Waals surface area contributed by atoms with Crippen LogP contribution < -0.4 is 4.90 Å².